The van der Waals surface area contributed by atoms with E-state index in [1.807, 2.05) is 0 Å². The average Bonchev–Trinajstić information content (AvgIpc) is 2.53. The molecule has 1 aliphatic heterocycles. The van der Waals surface area contributed by atoms with Crippen molar-refractivity contribution in [1.29, 1.82) is 0 Å². The van der Waals surface area contributed by atoms with E-state index >= 15 is 0 Å². The van der Waals surface area contributed by atoms with Crippen molar-refractivity contribution >= 4 is 20.9 Å². The Kier molecular flexibility index (Phi) is 3.97. The van der Waals surface area contributed by atoms with Crippen LogP contribution in [-0.4, -0.2) is 30.4 Å². The molecule has 8 heteroatoms. The second kappa shape index (κ2) is 5.68. The second-order valence-corrected chi connectivity index (χ2v) is 7.59. The molecular weight excluding hydrogens is 326 g/mol. The van der Waals surface area contributed by atoms with Gasteiger partial charge in [0.25, 0.3) is 0 Å². The number of aryl methyl sites for hydroxylation is 1. The highest BCUT2D eigenvalue weighted by Crippen LogP contribution is 2.22. The van der Waals surface area contributed by atoms with Crippen molar-refractivity contribution in [3.05, 3.63) is 40.2 Å². The minimum Gasteiger partial charge on any atom is -0.349 e. The molecule has 1 aromatic heterocycles. The number of sulfonamides is 1. The van der Waals surface area contributed by atoms with Gasteiger partial charge in [0.15, 0.2) is 11.6 Å². The van der Waals surface area contributed by atoms with Gasteiger partial charge in [-0.1, -0.05) is 6.42 Å². The molecule has 0 aliphatic carbocycles. The largest absolute Gasteiger partial charge is 0.349 e. The molecule has 124 valence electrons. The first kappa shape index (κ1) is 16.1. The van der Waals surface area contributed by atoms with Crippen LogP contribution in [-0.2, 0) is 17.1 Å². The van der Waals surface area contributed by atoms with Gasteiger partial charge in [-0.3, -0.25) is 4.79 Å². The highest BCUT2D eigenvalue weighted by atomic mass is 32.2. The summed E-state index contributed by atoms with van der Waals surface area (Å²) in [6.07, 6.45) is 3.61. The molecule has 0 atom stereocenters. The normalized spacial score (nSPS) is 16.8. The van der Waals surface area contributed by atoms with E-state index < -0.39 is 32.0 Å². The number of hydrogen-bond donors (Lipinski definition) is 0. The van der Waals surface area contributed by atoms with Crippen molar-refractivity contribution in [3.8, 4) is 0 Å². The van der Waals surface area contributed by atoms with Gasteiger partial charge in [0.05, 0.1) is 10.9 Å². The monoisotopic (exact) mass is 342 g/mol. The van der Waals surface area contributed by atoms with E-state index in [0.717, 1.165) is 31.4 Å². The van der Waals surface area contributed by atoms with Crippen LogP contribution in [0.3, 0.4) is 0 Å². The Hall–Kier alpha value is -1.80. The molecule has 0 saturated carbocycles. The molecule has 3 rings (SSSR count). The smallest absolute Gasteiger partial charge is 0.248 e. The lowest BCUT2D eigenvalue weighted by molar-refractivity contribution is 0.346. The Morgan fingerprint density at radius 2 is 1.65 bits per heavy atom. The number of hydrogen-bond acceptors (Lipinski definition) is 3. The predicted molar refractivity (Wildman–Crippen MR) is 81.7 cm³/mol. The summed E-state index contributed by atoms with van der Waals surface area (Å²) in [5.41, 5.74) is -0.658. The quantitative estimate of drug-likeness (QED) is 0.839. The predicted octanol–water partition coefficient (Wildman–Crippen LogP) is 1.99. The topological polar surface area (TPSA) is 59.4 Å². The van der Waals surface area contributed by atoms with E-state index in [-0.39, 0.29) is 10.9 Å². The van der Waals surface area contributed by atoms with Crippen LogP contribution in [0.15, 0.2) is 28.0 Å². The van der Waals surface area contributed by atoms with Crippen LogP contribution in [0.1, 0.15) is 19.3 Å². The Morgan fingerprint density at radius 3 is 2.30 bits per heavy atom. The van der Waals surface area contributed by atoms with Gasteiger partial charge in [-0.2, -0.15) is 4.31 Å². The van der Waals surface area contributed by atoms with E-state index in [4.69, 9.17) is 0 Å². The maximum atomic E-state index is 13.5. The fourth-order valence-corrected chi connectivity index (χ4v) is 4.53. The Labute approximate surface area is 132 Å². The molecule has 1 fully saturated rings. The van der Waals surface area contributed by atoms with Gasteiger partial charge in [-0.15, -0.1) is 0 Å². The lowest BCUT2D eigenvalue weighted by Gasteiger charge is -2.25. The van der Waals surface area contributed by atoms with E-state index in [9.17, 15) is 22.0 Å². The highest BCUT2D eigenvalue weighted by molar-refractivity contribution is 7.89. The van der Waals surface area contributed by atoms with Crippen molar-refractivity contribution < 1.29 is 17.2 Å². The third-order valence-corrected chi connectivity index (χ3v) is 6.02. The number of nitrogens with zero attached hydrogens (tertiary/aromatic N) is 2. The first-order valence-electron chi connectivity index (χ1n) is 7.31. The minimum absolute atomic E-state index is 0.145. The van der Waals surface area contributed by atoms with E-state index in [1.54, 1.807) is 0 Å². The molecule has 23 heavy (non-hydrogen) atoms. The van der Waals surface area contributed by atoms with Crippen LogP contribution in [0.2, 0.25) is 0 Å². The number of aromatic nitrogens is 1. The van der Waals surface area contributed by atoms with Crippen LogP contribution in [0.25, 0.3) is 10.9 Å². The summed E-state index contributed by atoms with van der Waals surface area (Å²) in [5, 5.41) is -0.149. The highest BCUT2D eigenvalue weighted by Gasteiger charge is 2.29. The molecule has 1 aromatic carbocycles. The first-order chi connectivity index (χ1) is 10.8. The number of fused-ring (bicyclic) bond motifs is 1. The van der Waals surface area contributed by atoms with Crippen molar-refractivity contribution in [2.75, 3.05) is 13.1 Å². The maximum Gasteiger partial charge on any atom is 0.248 e. The Bertz CT molecular complexity index is 932. The molecule has 1 aliphatic rings. The van der Waals surface area contributed by atoms with E-state index in [0.29, 0.717) is 13.1 Å². The van der Waals surface area contributed by atoms with Crippen LogP contribution < -0.4 is 5.43 Å². The summed E-state index contributed by atoms with van der Waals surface area (Å²) >= 11 is 0. The Balaban J connectivity index is 2.24. The number of piperidine rings is 1. The lowest BCUT2D eigenvalue weighted by atomic mass is 10.2. The minimum atomic E-state index is -3.95. The summed E-state index contributed by atoms with van der Waals surface area (Å²) in [5.74, 6) is -2.26. The van der Waals surface area contributed by atoms with Crippen LogP contribution in [0, 0.1) is 11.6 Å². The van der Waals surface area contributed by atoms with Crippen molar-refractivity contribution in [2.45, 2.75) is 24.2 Å². The zero-order chi connectivity index (χ0) is 16.8. The number of pyridine rings is 1. The second-order valence-electron chi connectivity index (χ2n) is 5.68. The van der Waals surface area contributed by atoms with Crippen LogP contribution in [0.5, 0.6) is 0 Å². The fourth-order valence-electron chi connectivity index (χ4n) is 2.87. The molecule has 5 nitrogen and oxygen atoms in total. The van der Waals surface area contributed by atoms with E-state index in [1.165, 1.54) is 22.1 Å². The molecule has 0 unspecified atom stereocenters. The van der Waals surface area contributed by atoms with Crippen molar-refractivity contribution in [3.63, 3.8) is 0 Å². The molecule has 0 N–H and O–H groups in total. The van der Waals surface area contributed by atoms with Gasteiger partial charge in [0.2, 0.25) is 15.5 Å². The lowest BCUT2D eigenvalue weighted by Crippen LogP contribution is -2.38. The molecule has 2 heterocycles. The van der Waals surface area contributed by atoms with Crippen molar-refractivity contribution in [2.24, 2.45) is 7.05 Å². The third-order valence-electron chi connectivity index (χ3n) is 4.13. The maximum absolute atomic E-state index is 13.5. The SMILES string of the molecule is Cn1cc(S(=O)(=O)N2CCCCC2)c(=O)c2cc(F)c(F)cc21. The number of halogens is 2. The van der Waals surface area contributed by atoms with Gasteiger partial charge < -0.3 is 4.57 Å². The third kappa shape index (κ3) is 2.66. The molecule has 0 amide bonds. The Morgan fingerprint density at radius 1 is 1.04 bits per heavy atom. The van der Waals surface area contributed by atoms with Gasteiger partial charge in [0, 0.05) is 32.4 Å². The standard InChI is InChI=1S/C15H16F2N2O3S/c1-18-9-14(23(21,22)19-5-3-2-4-6-19)15(20)10-7-11(16)12(17)8-13(10)18/h7-9H,2-6H2,1H3. The fraction of sp³-hybridized carbons (Fsp3) is 0.400. The molecular formula is C15H16F2N2O3S. The van der Waals surface area contributed by atoms with Gasteiger partial charge >= 0.3 is 0 Å². The molecule has 1 saturated heterocycles. The zero-order valence-corrected chi connectivity index (χ0v) is 13.4. The van der Waals surface area contributed by atoms with Gasteiger partial charge in [0.1, 0.15) is 4.90 Å². The first-order valence-corrected chi connectivity index (χ1v) is 8.75. The van der Waals surface area contributed by atoms with Gasteiger partial charge in [-0.25, -0.2) is 17.2 Å². The molecule has 2 aromatic rings. The molecule has 0 bridgehead atoms. The van der Waals surface area contributed by atoms with Crippen LogP contribution in [0.4, 0.5) is 8.78 Å². The number of rotatable bonds is 2. The van der Waals surface area contributed by atoms with Crippen molar-refractivity contribution in [1.82, 2.24) is 8.87 Å². The molecule has 0 spiro atoms. The summed E-state index contributed by atoms with van der Waals surface area (Å²) in [6.45, 7) is 0.725. The summed E-state index contributed by atoms with van der Waals surface area (Å²) < 4.78 is 54.8. The summed E-state index contributed by atoms with van der Waals surface area (Å²) in [4.78, 5) is 12.1. The number of benzene rings is 1. The zero-order valence-electron chi connectivity index (χ0n) is 12.6. The molecule has 0 radical (unpaired) electrons. The summed E-state index contributed by atoms with van der Waals surface area (Å²) in [7, 11) is -2.45. The van der Waals surface area contributed by atoms with E-state index in [2.05, 4.69) is 0 Å². The summed E-state index contributed by atoms with van der Waals surface area (Å²) in [6, 6.07) is 1.64. The van der Waals surface area contributed by atoms with Crippen LogP contribution >= 0.6 is 0 Å². The van der Waals surface area contributed by atoms with Gasteiger partial charge in [-0.05, 0) is 18.9 Å². The average molecular weight is 342 g/mol.